The number of thioether (sulfide) groups is 1. The summed E-state index contributed by atoms with van der Waals surface area (Å²) in [5.41, 5.74) is 1.31. The van der Waals surface area contributed by atoms with Gasteiger partial charge in [-0.1, -0.05) is 24.3 Å². The van der Waals surface area contributed by atoms with Crippen molar-refractivity contribution in [1.82, 2.24) is 10.6 Å². The van der Waals surface area contributed by atoms with E-state index in [0.717, 1.165) is 50.1 Å². The van der Waals surface area contributed by atoms with E-state index in [0.29, 0.717) is 6.04 Å². The van der Waals surface area contributed by atoms with Gasteiger partial charge in [-0.15, -0.1) is 30.6 Å². The van der Waals surface area contributed by atoms with E-state index in [1.54, 1.807) is 0 Å². The van der Waals surface area contributed by atoms with Crippen LogP contribution in [0.4, 0.5) is 5.69 Å². The van der Waals surface area contributed by atoms with Gasteiger partial charge in [0, 0.05) is 42.9 Å². The topological polar surface area (TPSA) is 39.7 Å². The van der Waals surface area contributed by atoms with Crippen LogP contribution in [0.25, 0.3) is 0 Å². The highest BCUT2D eigenvalue weighted by Gasteiger charge is 2.23. The smallest absolute Gasteiger partial charge is 0.191 e. The second-order valence-electron chi connectivity index (χ2n) is 5.54. The second kappa shape index (κ2) is 12.5. The molecule has 0 saturated carbocycles. The minimum Gasteiger partial charge on any atom is -0.369 e. The zero-order valence-corrected chi connectivity index (χ0v) is 17.6. The summed E-state index contributed by atoms with van der Waals surface area (Å²) in [5, 5.41) is 6.92. The molecule has 0 aliphatic carbocycles. The Morgan fingerprint density at radius 1 is 1.42 bits per heavy atom. The minimum atomic E-state index is 0. The Morgan fingerprint density at radius 2 is 2.21 bits per heavy atom. The van der Waals surface area contributed by atoms with Crippen LogP contribution in [-0.2, 0) is 0 Å². The molecule has 1 fully saturated rings. The van der Waals surface area contributed by atoms with Crippen LogP contribution in [0.5, 0.6) is 0 Å². The van der Waals surface area contributed by atoms with Gasteiger partial charge in [0.05, 0.1) is 6.54 Å². The van der Waals surface area contributed by atoms with Crippen LogP contribution in [0.2, 0.25) is 0 Å². The molecule has 0 spiro atoms. The van der Waals surface area contributed by atoms with E-state index in [9.17, 15) is 0 Å². The van der Waals surface area contributed by atoms with Crippen molar-refractivity contribution in [2.24, 2.45) is 4.99 Å². The fraction of sp³-hybridized carbons (Fsp3) is 0.500. The maximum atomic E-state index is 4.67. The van der Waals surface area contributed by atoms with Gasteiger partial charge in [0.25, 0.3) is 0 Å². The van der Waals surface area contributed by atoms with Crippen molar-refractivity contribution in [2.75, 3.05) is 42.6 Å². The third-order valence-electron chi connectivity index (χ3n) is 3.74. The van der Waals surface area contributed by atoms with Crippen molar-refractivity contribution in [3.63, 3.8) is 0 Å². The number of para-hydroxylation sites is 1. The summed E-state index contributed by atoms with van der Waals surface area (Å²) in [4.78, 5) is 7.10. The van der Waals surface area contributed by atoms with E-state index < -0.39 is 0 Å². The van der Waals surface area contributed by atoms with Crippen LogP contribution in [0.3, 0.4) is 0 Å². The normalized spacial score (nSPS) is 17.3. The first-order chi connectivity index (χ1) is 11.3. The number of anilines is 1. The van der Waals surface area contributed by atoms with Crippen molar-refractivity contribution >= 4 is 47.4 Å². The van der Waals surface area contributed by atoms with Gasteiger partial charge in [0.15, 0.2) is 5.96 Å². The molecule has 1 unspecified atom stereocenters. The number of nitrogens with zero attached hydrogens (tertiary/aromatic N) is 2. The van der Waals surface area contributed by atoms with E-state index in [4.69, 9.17) is 0 Å². The quantitative estimate of drug-likeness (QED) is 0.205. The van der Waals surface area contributed by atoms with Gasteiger partial charge in [-0.25, -0.2) is 0 Å². The second-order valence-corrected chi connectivity index (χ2v) is 6.69. The summed E-state index contributed by atoms with van der Waals surface area (Å²) in [5.74, 6) is 2.96. The first-order valence-electron chi connectivity index (χ1n) is 8.37. The lowest BCUT2D eigenvalue weighted by atomic mass is 10.3. The van der Waals surface area contributed by atoms with E-state index in [2.05, 4.69) is 64.4 Å². The molecule has 2 rings (SSSR count). The number of guanidine groups is 1. The van der Waals surface area contributed by atoms with E-state index in [-0.39, 0.29) is 24.0 Å². The first-order valence-corrected chi connectivity index (χ1v) is 9.52. The molecule has 4 nitrogen and oxygen atoms in total. The average Bonchev–Trinajstić information content (AvgIpc) is 3.04. The Bertz CT molecular complexity index is 495. The zero-order valence-electron chi connectivity index (χ0n) is 14.4. The maximum absolute atomic E-state index is 4.67. The summed E-state index contributed by atoms with van der Waals surface area (Å²) in [6, 6.07) is 11.1. The molecule has 0 bridgehead atoms. The van der Waals surface area contributed by atoms with Crippen LogP contribution >= 0.6 is 35.7 Å². The standard InChI is InChI=1S/C18H28N4S.HI/c1-3-13-23-14-11-20-18(19-4-2)21-16-10-12-22(15-16)17-8-6-5-7-9-17;/h3,5-9,16H,1,4,10-15H2,2H3,(H2,19,20,21);1H. The average molecular weight is 460 g/mol. The third-order valence-corrected chi connectivity index (χ3v) is 4.68. The van der Waals surface area contributed by atoms with Crippen LogP contribution in [0.15, 0.2) is 48.0 Å². The molecule has 1 aromatic rings. The molecule has 6 heteroatoms. The van der Waals surface area contributed by atoms with Gasteiger partial charge >= 0.3 is 0 Å². The zero-order chi connectivity index (χ0) is 16.3. The van der Waals surface area contributed by atoms with E-state index >= 15 is 0 Å². The molecule has 1 atom stereocenters. The van der Waals surface area contributed by atoms with Crippen molar-refractivity contribution < 1.29 is 0 Å². The molecular formula is C18H29IN4S. The predicted octanol–water partition coefficient (Wildman–Crippen LogP) is 3.36. The fourth-order valence-electron chi connectivity index (χ4n) is 2.65. The highest BCUT2D eigenvalue weighted by molar-refractivity contribution is 14.0. The lowest BCUT2D eigenvalue weighted by Crippen LogP contribution is -2.44. The van der Waals surface area contributed by atoms with E-state index in [1.807, 2.05) is 17.8 Å². The summed E-state index contributed by atoms with van der Waals surface area (Å²) in [6.45, 7) is 9.69. The molecule has 134 valence electrons. The van der Waals surface area contributed by atoms with Gasteiger partial charge in [-0.2, -0.15) is 11.8 Å². The van der Waals surface area contributed by atoms with Crippen LogP contribution in [0, 0.1) is 0 Å². The van der Waals surface area contributed by atoms with Crippen molar-refractivity contribution in [1.29, 1.82) is 0 Å². The SMILES string of the molecule is C=CCSCCN=C(NCC)NC1CCN(c2ccccc2)C1.I. The molecule has 24 heavy (non-hydrogen) atoms. The van der Waals surface area contributed by atoms with Crippen LogP contribution in [0.1, 0.15) is 13.3 Å². The Kier molecular flexibility index (Phi) is 11.0. The number of benzene rings is 1. The summed E-state index contributed by atoms with van der Waals surface area (Å²) in [7, 11) is 0. The maximum Gasteiger partial charge on any atom is 0.191 e. The van der Waals surface area contributed by atoms with Crippen molar-refractivity contribution in [2.45, 2.75) is 19.4 Å². The number of rotatable bonds is 8. The number of aliphatic imine (C=N–C) groups is 1. The Balaban J connectivity index is 0.00000288. The number of halogens is 1. The largest absolute Gasteiger partial charge is 0.369 e. The van der Waals surface area contributed by atoms with Gasteiger partial charge in [0.2, 0.25) is 0 Å². The lowest BCUT2D eigenvalue weighted by Gasteiger charge is -2.20. The summed E-state index contributed by atoms with van der Waals surface area (Å²) in [6.07, 6.45) is 3.08. The third kappa shape index (κ3) is 7.34. The number of nitrogens with one attached hydrogen (secondary N) is 2. The van der Waals surface area contributed by atoms with Gasteiger partial charge in [-0.3, -0.25) is 4.99 Å². The predicted molar refractivity (Wildman–Crippen MR) is 119 cm³/mol. The van der Waals surface area contributed by atoms with Crippen molar-refractivity contribution in [3.05, 3.63) is 43.0 Å². The van der Waals surface area contributed by atoms with Gasteiger partial charge in [-0.05, 0) is 25.5 Å². The number of hydrogen-bond donors (Lipinski definition) is 2. The highest BCUT2D eigenvalue weighted by atomic mass is 127. The molecule has 2 N–H and O–H groups in total. The highest BCUT2D eigenvalue weighted by Crippen LogP contribution is 2.19. The molecule has 1 saturated heterocycles. The van der Waals surface area contributed by atoms with Crippen LogP contribution < -0.4 is 15.5 Å². The van der Waals surface area contributed by atoms with Crippen LogP contribution in [-0.4, -0.2) is 49.7 Å². The molecule has 1 aliphatic heterocycles. The molecule has 0 radical (unpaired) electrons. The summed E-state index contributed by atoms with van der Waals surface area (Å²) < 4.78 is 0. The molecule has 1 aromatic carbocycles. The minimum absolute atomic E-state index is 0. The van der Waals surface area contributed by atoms with Gasteiger partial charge in [0.1, 0.15) is 0 Å². The molecule has 0 amide bonds. The molecule has 0 aromatic heterocycles. The first kappa shape index (κ1) is 21.2. The Labute approximate surface area is 167 Å². The Hall–Kier alpha value is -0.890. The monoisotopic (exact) mass is 460 g/mol. The van der Waals surface area contributed by atoms with Gasteiger partial charge < -0.3 is 15.5 Å². The van der Waals surface area contributed by atoms with E-state index in [1.165, 1.54) is 5.69 Å². The van der Waals surface area contributed by atoms with Crippen molar-refractivity contribution in [3.8, 4) is 0 Å². The number of hydrogen-bond acceptors (Lipinski definition) is 3. The molecule has 1 heterocycles. The Morgan fingerprint density at radius 3 is 2.92 bits per heavy atom. The molecular weight excluding hydrogens is 431 g/mol. The fourth-order valence-corrected chi connectivity index (χ4v) is 3.21. The lowest BCUT2D eigenvalue weighted by molar-refractivity contribution is 0.650. The summed E-state index contributed by atoms with van der Waals surface area (Å²) >= 11 is 1.86. The molecule has 1 aliphatic rings.